The van der Waals surface area contributed by atoms with E-state index in [9.17, 15) is 4.79 Å². The molecule has 1 N–H and O–H groups in total. The van der Waals surface area contributed by atoms with Gasteiger partial charge in [0.15, 0.2) is 0 Å². The zero-order valence-electron chi connectivity index (χ0n) is 8.60. The molecule has 1 aliphatic rings. The first-order valence-corrected chi connectivity index (χ1v) is 5.17. The summed E-state index contributed by atoms with van der Waals surface area (Å²) in [4.78, 5) is 15.7. The number of hydrogen-bond donors (Lipinski definition) is 1. The molecule has 0 radical (unpaired) electrons. The number of fused-ring (bicyclic) bond motifs is 1. The van der Waals surface area contributed by atoms with Crippen molar-refractivity contribution in [3.8, 4) is 11.1 Å². The van der Waals surface area contributed by atoms with Crippen LogP contribution in [0.1, 0.15) is 15.9 Å². The van der Waals surface area contributed by atoms with E-state index >= 15 is 0 Å². The van der Waals surface area contributed by atoms with Crippen LogP contribution in [0.5, 0.6) is 0 Å². The lowest BCUT2D eigenvalue weighted by Crippen LogP contribution is -2.13. The third-order valence-corrected chi connectivity index (χ3v) is 2.81. The van der Waals surface area contributed by atoms with Gasteiger partial charge in [-0.2, -0.15) is 0 Å². The molecule has 0 saturated carbocycles. The van der Waals surface area contributed by atoms with Gasteiger partial charge in [0.1, 0.15) is 0 Å². The van der Waals surface area contributed by atoms with Crippen LogP contribution in [-0.4, -0.2) is 10.9 Å². The minimum atomic E-state index is 0.0161. The fourth-order valence-corrected chi connectivity index (χ4v) is 2.05. The molecule has 0 atom stereocenters. The first kappa shape index (κ1) is 9.09. The van der Waals surface area contributed by atoms with Crippen LogP contribution in [0.25, 0.3) is 11.1 Å². The van der Waals surface area contributed by atoms with Crippen molar-refractivity contribution in [3.05, 3.63) is 53.9 Å². The predicted octanol–water partition coefficient (Wildman–Crippen LogP) is 1.99. The van der Waals surface area contributed by atoms with Crippen LogP contribution in [0.15, 0.2) is 42.7 Å². The number of carbonyl (C=O) groups is 1. The number of amides is 1. The molecule has 1 aliphatic heterocycles. The molecule has 3 rings (SSSR count). The molecule has 0 unspecified atom stereocenters. The van der Waals surface area contributed by atoms with Gasteiger partial charge in [-0.1, -0.05) is 18.2 Å². The largest absolute Gasteiger partial charge is 0.348 e. The molecule has 1 aromatic heterocycles. The number of aromatic nitrogens is 1. The molecule has 0 spiro atoms. The maximum absolute atomic E-state index is 11.7. The number of pyridine rings is 1. The maximum atomic E-state index is 11.7. The van der Waals surface area contributed by atoms with Crippen LogP contribution < -0.4 is 5.32 Å². The molecule has 0 fully saturated rings. The van der Waals surface area contributed by atoms with Gasteiger partial charge < -0.3 is 5.32 Å². The van der Waals surface area contributed by atoms with Crippen LogP contribution in [0.2, 0.25) is 0 Å². The summed E-state index contributed by atoms with van der Waals surface area (Å²) in [5, 5.41) is 2.84. The molecule has 1 aromatic carbocycles. The second-order valence-electron chi connectivity index (χ2n) is 3.76. The van der Waals surface area contributed by atoms with Crippen molar-refractivity contribution >= 4 is 5.91 Å². The molecule has 16 heavy (non-hydrogen) atoms. The highest BCUT2D eigenvalue weighted by molar-refractivity contribution is 6.04. The quantitative estimate of drug-likeness (QED) is 0.782. The average molecular weight is 210 g/mol. The average Bonchev–Trinajstić information content (AvgIpc) is 2.73. The molecule has 3 heteroatoms. The zero-order valence-corrected chi connectivity index (χ0v) is 8.60. The van der Waals surface area contributed by atoms with Gasteiger partial charge in [-0.15, -0.1) is 0 Å². The number of nitrogens with one attached hydrogen (secondary N) is 1. The first-order valence-electron chi connectivity index (χ1n) is 5.17. The Morgan fingerprint density at radius 1 is 1.12 bits per heavy atom. The summed E-state index contributed by atoms with van der Waals surface area (Å²) in [6.07, 6.45) is 3.48. The number of nitrogens with zero attached hydrogens (tertiary/aromatic N) is 1. The Kier molecular flexibility index (Phi) is 1.96. The van der Waals surface area contributed by atoms with E-state index in [0.717, 1.165) is 22.3 Å². The standard InChI is InChI=1S/C13H10N2O/c16-13-12-10(8-15-13)2-1-3-11(12)9-4-6-14-7-5-9/h1-7H,8H2,(H,15,16). The van der Waals surface area contributed by atoms with Crippen molar-refractivity contribution in [2.75, 3.05) is 0 Å². The smallest absolute Gasteiger partial charge is 0.252 e. The van der Waals surface area contributed by atoms with E-state index in [2.05, 4.69) is 10.3 Å². The minimum Gasteiger partial charge on any atom is -0.348 e. The van der Waals surface area contributed by atoms with E-state index in [1.54, 1.807) is 12.4 Å². The Morgan fingerprint density at radius 2 is 1.94 bits per heavy atom. The Labute approximate surface area is 93.1 Å². The lowest BCUT2D eigenvalue weighted by atomic mass is 9.98. The van der Waals surface area contributed by atoms with Gasteiger partial charge in [-0.25, -0.2) is 0 Å². The summed E-state index contributed by atoms with van der Waals surface area (Å²) in [5.41, 5.74) is 3.88. The lowest BCUT2D eigenvalue weighted by Gasteiger charge is -2.05. The van der Waals surface area contributed by atoms with Crippen LogP contribution in [0.3, 0.4) is 0 Å². The number of benzene rings is 1. The van der Waals surface area contributed by atoms with E-state index < -0.39 is 0 Å². The van der Waals surface area contributed by atoms with Gasteiger partial charge >= 0.3 is 0 Å². The summed E-state index contributed by atoms with van der Waals surface area (Å²) in [6, 6.07) is 9.77. The highest BCUT2D eigenvalue weighted by Crippen LogP contribution is 2.28. The van der Waals surface area contributed by atoms with E-state index in [-0.39, 0.29) is 5.91 Å². The molecular formula is C13H10N2O. The molecule has 0 aliphatic carbocycles. The minimum absolute atomic E-state index is 0.0161. The molecule has 0 bridgehead atoms. The van der Waals surface area contributed by atoms with Crippen LogP contribution in [-0.2, 0) is 6.54 Å². The third-order valence-electron chi connectivity index (χ3n) is 2.81. The molecule has 0 saturated heterocycles. The summed E-state index contributed by atoms with van der Waals surface area (Å²) in [6.45, 7) is 0.632. The van der Waals surface area contributed by atoms with Gasteiger partial charge in [0.25, 0.3) is 5.91 Å². The summed E-state index contributed by atoms with van der Waals surface area (Å²) < 4.78 is 0. The molecule has 3 nitrogen and oxygen atoms in total. The highest BCUT2D eigenvalue weighted by Gasteiger charge is 2.22. The predicted molar refractivity (Wildman–Crippen MR) is 60.8 cm³/mol. The van der Waals surface area contributed by atoms with Crippen molar-refractivity contribution in [1.82, 2.24) is 10.3 Å². The van der Waals surface area contributed by atoms with Crippen molar-refractivity contribution < 1.29 is 4.79 Å². The zero-order chi connectivity index (χ0) is 11.0. The van der Waals surface area contributed by atoms with Gasteiger partial charge in [0, 0.05) is 18.9 Å². The monoisotopic (exact) mass is 210 g/mol. The Hall–Kier alpha value is -2.16. The second kappa shape index (κ2) is 3.45. The fourth-order valence-electron chi connectivity index (χ4n) is 2.05. The molecule has 2 heterocycles. The van der Waals surface area contributed by atoms with Crippen LogP contribution in [0, 0.1) is 0 Å². The van der Waals surface area contributed by atoms with E-state index in [1.807, 2.05) is 30.3 Å². The van der Waals surface area contributed by atoms with Crippen LogP contribution >= 0.6 is 0 Å². The number of rotatable bonds is 1. The van der Waals surface area contributed by atoms with E-state index in [4.69, 9.17) is 0 Å². The van der Waals surface area contributed by atoms with E-state index in [1.165, 1.54) is 0 Å². The van der Waals surface area contributed by atoms with Crippen molar-refractivity contribution in [2.24, 2.45) is 0 Å². The normalized spacial score (nSPS) is 13.4. The Bertz CT molecular complexity index is 549. The number of hydrogen-bond acceptors (Lipinski definition) is 2. The maximum Gasteiger partial charge on any atom is 0.252 e. The van der Waals surface area contributed by atoms with Gasteiger partial charge in [-0.3, -0.25) is 9.78 Å². The van der Waals surface area contributed by atoms with Crippen molar-refractivity contribution in [1.29, 1.82) is 0 Å². The second-order valence-corrected chi connectivity index (χ2v) is 3.76. The van der Waals surface area contributed by atoms with Gasteiger partial charge in [0.05, 0.1) is 5.56 Å². The molecule has 1 amide bonds. The number of carbonyl (C=O) groups excluding carboxylic acids is 1. The topological polar surface area (TPSA) is 42.0 Å². The third kappa shape index (κ3) is 1.29. The SMILES string of the molecule is O=C1NCc2cccc(-c3ccncc3)c21. The Morgan fingerprint density at radius 3 is 2.75 bits per heavy atom. The van der Waals surface area contributed by atoms with Gasteiger partial charge in [0.2, 0.25) is 0 Å². The lowest BCUT2D eigenvalue weighted by molar-refractivity contribution is 0.0966. The summed E-state index contributed by atoms with van der Waals surface area (Å²) in [5.74, 6) is 0.0161. The molecule has 2 aromatic rings. The Balaban J connectivity index is 2.23. The fraction of sp³-hybridized carbons (Fsp3) is 0.0769. The van der Waals surface area contributed by atoms with Crippen LogP contribution in [0.4, 0.5) is 0 Å². The highest BCUT2D eigenvalue weighted by atomic mass is 16.1. The summed E-state index contributed by atoms with van der Waals surface area (Å²) >= 11 is 0. The van der Waals surface area contributed by atoms with E-state index in [0.29, 0.717) is 6.54 Å². The van der Waals surface area contributed by atoms with Crippen molar-refractivity contribution in [2.45, 2.75) is 6.54 Å². The van der Waals surface area contributed by atoms with Gasteiger partial charge in [-0.05, 0) is 28.8 Å². The van der Waals surface area contributed by atoms with Crippen molar-refractivity contribution in [3.63, 3.8) is 0 Å². The molecular weight excluding hydrogens is 200 g/mol. The summed E-state index contributed by atoms with van der Waals surface area (Å²) in [7, 11) is 0. The molecule has 78 valence electrons. The first-order chi connectivity index (χ1) is 7.86.